The normalized spacial score (nSPS) is 27.2. The number of aliphatic hydroxyl groups is 1. The number of aryl methyl sites for hydroxylation is 1. The smallest absolute Gasteiger partial charge is 0.351 e. The van der Waals surface area contributed by atoms with E-state index in [4.69, 9.17) is 10.3 Å². The van der Waals surface area contributed by atoms with E-state index in [1.165, 1.54) is 4.57 Å². The highest BCUT2D eigenvalue weighted by molar-refractivity contribution is 5.45. The number of aromatic nitrogens is 2. The van der Waals surface area contributed by atoms with E-state index in [2.05, 4.69) is 19.9 Å². The van der Waals surface area contributed by atoms with Gasteiger partial charge >= 0.3 is 5.69 Å². The first kappa shape index (κ1) is 15.8. The summed E-state index contributed by atoms with van der Waals surface area (Å²) in [6, 6.07) is -0.486. The van der Waals surface area contributed by atoms with Gasteiger partial charge in [0.05, 0.1) is 18.8 Å². The van der Waals surface area contributed by atoms with Gasteiger partial charge in [0.2, 0.25) is 0 Å². The van der Waals surface area contributed by atoms with Crippen molar-refractivity contribution in [3.8, 4) is 0 Å². The third-order valence-electron chi connectivity index (χ3n) is 4.41. The molecule has 1 N–H and O–H groups in total. The Morgan fingerprint density at radius 2 is 2.26 bits per heavy atom. The van der Waals surface area contributed by atoms with Gasteiger partial charge in [-0.25, -0.2) is 4.79 Å². The minimum atomic E-state index is -0.596. The summed E-state index contributed by atoms with van der Waals surface area (Å²) in [6.07, 6.45) is 3.14. The number of azide groups is 1. The van der Waals surface area contributed by atoms with Crippen LogP contribution in [0.2, 0.25) is 0 Å². The molecule has 0 spiro atoms. The third kappa shape index (κ3) is 3.03. The Kier molecular flexibility index (Phi) is 4.51. The molecule has 0 radical (unpaired) electrons. The van der Waals surface area contributed by atoms with Gasteiger partial charge in [-0.2, -0.15) is 4.98 Å². The molecule has 0 saturated carbocycles. The van der Waals surface area contributed by atoms with Gasteiger partial charge < -0.3 is 14.7 Å². The molecule has 2 fully saturated rings. The van der Waals surface area contributed by atoms with Crippen LogP contribution in [0.3, 0.4) is 0 Å². The summed E-state index contributed by atoms with van der Waals surface area (Å²) in [6.45, 7) is 3.50. The van der Waals surface area contributed by atoms with Crippen LogP contribution in [-0.2, 0) is 4.74 Å². The van der Waals surface area contributed by atoms with E-state index in [1.807, 2.05) is 6.92 Å². The molecule has 1 aromatic rings. The molecule has 0 aromatic carbocycles. The lowest BCUT2D eigenvalue weighted by Crippen LogP contribution is -2.31. The number of hydrogen-bond donors (Lipinski definition) is 1. The van der Waals surface area contributed by atoms with Gasteiger partial charge in [-0.05, 0) is 25.3 Å². The van der Waals surface area contributed by atoms with E-state index in [9.17, 15) is 9.90 Å². The fourth-order valence-corrected chi connectivity index (χ4v) is 3.25. The molecule has 0 unspecified atom stereocenters. The predicted molar refractivity (Wildman–Crippen MR) is 83.2 cm³/mol. The average molecular weight is 320 g/mol. The van der Waals surface area contributed by atoms with Crippen molar-refractivity contribution in [2.45, 2.75) is 44.6 Å². The summed E-state index contributed by atoms with van der Waals surface area (Å²) >= 11 is 0. The fraction of sp³-hybridized carbons (Fsp3) is 0.714. The molecule has 124 valence electrons. The molecule has 3 heterocycles. The number of anilines is 1. The standard InChI is InChI=1S/C14H20N6O3/c1-9-7-20(12-6-10(17-18-15)11(8-21)23-12)14(22)16-13(9)19-4-2-3-5-19/h7,10-12,21H,2-6,8H2,1H3/t10-,11-,12+/m1/s1. The van der Waals surface area contributed by atoms with Gasteiger partial charge in [0, 0.05) is 36.2 Å². The summed E-state index contributed by atoms with van der Waals surface area (Å²) in [5, 5.41) is 13.0. The predicted octanol–water partition coefficient (Wildman–Crippen LogP) is 1.11. The number of aliphatic hydroxyl groups excluding tert-OH is 1. The Hall–Kier alpha value is -2.09. The second-order valence-corrected chi connectivity index (χ2v) is 5.95. The lowest BCUT2D eigenvalue weighted by Gasteiger charge is -2.21. The van der Waals surface area contributed by atoms with Crippen molar-refractivity contribution in [1.82, 2.24) is 9.55 Å². The molecule has 0 aliphatic carbocycles. The van der Waals surface area contributed by atoms with Crippen LogP contribution in [0.15, 0.2) is 16.1 Å². The first-order valence-corrected chi connectivity index (χ1v) is 7.79. The largest absolute Gasteiger partial charge is 0.394 e. The zero-order valence-electron chi connectivity index (χ0n) is 13.0. The average Bonchev–Trinajstić information content (AvgIpc) is 3.19. The van der Waals surface area contributed by atoms with Crippen LogP contribution in [0.25, 0.3) is 10.4 Å². The number of ether oxygens (including phenoxy) is 1. The number of rotatable bonds is 4. The van der Waals surface area contributed by atoms with Crippen LogP contribution in [0.4, 0.5) is 5.82 Å². The van der Waals surface area contributed by atoms with Crippen LogP contribution in [-0.4, -0.2) is 46.5 Å². The minimum Gasteiger partial charge on any atom is -0.394 e. The maximum atomic E-state index is 12.4. The highest BCUT2D eigenvalue weighted by Gasteiger charge is 2.36. The van der Waals surface area contributed by atoms with Crippen molar-refractivity contribution < 1.29 is 9.84 Å². The summed E-state index contributed by atoms with van der Waals surface area (Å²) < 4.78 is 7.08. The summed E-state index contributed by atoms with van der Waals surface area (Å²) in [5.74, 6) is 0.729. The van der Waals surface area contributed by atoms with Crippen LogP contribution in [0, 0.1) is 6.92 Å². The molecule has 23 heavy (non-hydrogen) atoms. The molecule has 2 saturated heterocycles. The molecule has 0 amide bonds. The molecule has 0 bridgehead atoms. The van der Waals surface area contributed by atoms with Crippen LogP contribution in [0.1, 0.15) is 31.1 Å². The Balaban J connectivity index is 1.87. The lowest BCUT2D eigenvalue weighted by atomic mass is 10.1. The van der Waals surface area contributed by atoms with E-state index in [0.717, 1.165) is 37.3 Å². The summed E-state index contributed by atoms with van der Waals surface area (Å²) in [5.41, 5.74) is 9.11. The fourth-order valence-electron chi connectivity index (χ4n) is 3.25. The first-order valence-electron chi connectivity index (χ1n) is 7.79. The van der Waals surface area contributed by atoms with E-state index in [-0.39, 0.29) is 12.3 Å². The van der Waals surface area contributed by atoms with Crippen LogP contribution < -0.4 is 10.6 Å². The Morgan fingerprint density at radius 1 is 1.52 bits per heavy atom. The Bertz CT molecular complexity index is 678. The zero-order valence-corrected chi connectivity index (χ0v) is 13.0. The van der Waals surface area contributed by atoms with Crippen molar-refractivity contribution in [2.75, 3.05) is 24.6 Å². The van der Waals surface area contributed by atoms with Gasteiger partial charge in [0.25, 0.3) is 0 Å². The highest BCUT2D eigenvalue weighted by Crippen LogP contribution is 2.30. The molecule has 2 aliphatic heterocycles. The topological polar surface area (TPSA) is 116 Å². The van der Waals surface area contributed by atoms with Crippen molar-refractivity contribution in [2.24, 2.45) is 5.11 Å². The van der Waals surface area contributed by atoms with Crippen LogP contribution in [0.5, 0.6) is 0 Å². The SMILES string of the molecule is Cc1cn([C@@H]2C[C@@H](N=[N+]=[N-])[C@@H](CO)O2)c(=O)nc1N1CCCC1. The maximum Gasteiger partial charge on any atom is 0.351 e. The van der Waals surface area contributed by atoms with Gasteiger partial charge in [-0.3, -0.25) is 4.57 Å². The number of hydrogen-bond acceptors (Lipinski definition) is 6. The van der Waals surface area contributed by atoms with E-state index >= 15 is 0 Å². The van der Waals surface area contributed by atoms with Crippen LogP contribution >= 0.6 is 0 Å². The minimum absolute atomic E-state index is 0.257. The monoisotopic (exact) mass is 320 g/mol. The van der Waals surface area contributed by atoms with Gasteiger partial charge in [-0.15, -0.1) is 0 Å². The maximum absolute atomic E-state index is 12.4. The van der Waals surface area contributed by atoms with Gasteiger partial charge in [0.15, 0.2) is 0 Å². The van der Waals surface area contributed by atoms with Crippen molar-refractivity contribution in [3.63, 3.8) is 0 Å². The molecular formula is C14H20N6O3. The van der Waals surface area contributed by atoms with E-state index in [1.54, 1.807) is 6.20 Å². The second kappa shape index (κ2) is 6.57. The molecule has 1 aromatic heterocycles. The van der Waals surface area contributed by atoms with Crippen molar-refractivity contribution >= 4 is 5.82 Å². The van der Waals surface area contributed by atoms with Crippen molar-refractivity contribution in [3.05, 3.63) is 32.7 Å². The van der Waals surface area contributed by atoms with Crippen molar-refractivity contribution in [1.29, 1.82) is 0 Å². The Labute approximate surface area is 133 Å². The van der Waals surface area contributed by atoms with Gasteiger partial charge in [-0.1, -0.05) is 5.11 Å². The molecular weight excluding hydrogens is 300 g/mol. The zero-order chi connectivity index (χ0) is 16.4. The molecule has 3 rings (SSSR count). The molecule has 9 heteroatoms. The molecule has 3 atom stereocenters. The highest BCUT2D eigenvalue weighted by atomic mass is 16.5. The molecule has 9 nitrogen and oxygen atoms in total. The summed E-state index contributed by atoms with van der Waals surface area (Å²) in [4.78, 5) is 21.5. The van der Waals surface area contributed by atoms with E-state index < -0.39 is 18.4 Å². The third-order valence-corrected chi connectivity index (χ3v) is 4.41. The summed E-state index contributed by atoms with van der Waals surface area (Å²) in [7, 11) is 0. The Morgan fingerprint density at radius 3 is 2.91 bits per heavy atom. The molecule has 2 aliphatic rings. The first-order chi connectivity index (χ1) is 11.1. The lowest BCUT2D eigenvalue weighted by molar-refractivity contribution is -0.0270. The quantitative estimate of drug-likeness (QED) is 0.507. The number of nitrogens with zero attached hydrogens (tertiary/aromatic N) is 6. The van der Waals surface area contributed by atoms with Gasteiger partial charge in [0.1, 0.15) is 12.0 Å². The second-order valence-electron chi connectivity index (χ2n) is 5.95. The van der Waals surface area contributed by atoms with E-state index in [0.29, 0.717) is 6.42 Å².